The molecular formula is C7H13NO4S. The maximum absolute atomic E-state index is 11.0. The second-order valence-electron chi connectivity index (χ2n) is 3.20. The van der Waals surface area contributed by atoms with Gasteiger partial charge in [-0.1, -0.05) is 0 Å². The van der Waals surface area contributed by atoms with Crippen LogP contribution in [0, 0.1) is 0 Å². The first-order valence-electron chi connectivity index (χ1n) is 4.10. The van der Waals surface area contributed by atoms with E-state index in [1.165, 1.54) is 0 Å². The van der Waals surface area contributed by atoms with Crippen LogP contribution in [0.5, 0.6) is 0 Å². The Labute approximate surface area is 77.3 Å². The molecule has 0 aromatic carbocycles. The molecule has 6 heteroatoms. The van der Waals surface area contributed by atoms with Gasteiger partial charge in [-0.15, -0.1) is 0 Å². The first kappa shape index (κ1) is 10.5. The minimum atomic E-state index is -2.91. The predicted molar refractivity (Wildman–Crippen MR) is 47.3 cm³/mol. The molecule has 1 rings (SSSR count). The topological polar surface area (TPSA) is 74.7 Å². The molecule has 0 bridgehead atoms. The van der Waals surface area contributed by atoms with Gasteiger partial charge in [-0.3, -0.25) is 9.69 Å². The van der Waals surface area contributed by atoms with E-state index in [2.05, 4.69) is 0 Å². The van der Waals surface area contributed by atoms with Crippen molar-refractivity contribution in [1.82, 2.24) is 4.90 Å². The van der Waals surface area contributed by atoms with Crippen molar-refractivity contribution < 1.29 is 18.3 Å². The molecule has 0 radical (unpaired) electrons. The number of carboxylic acids is 1. The number of carbonyl (C=O) groups is 1. The third-order valence-electron chi connectivity index (χ3n) is 2.28. The highest BCUT2D eigenvalue weighted by atomic mass is 32.2. The summed E-state index contributed by atoms with van der Waals surface area (Å²) in [6.07, 6.45) is 0. The summed E-state index contributed by atoms with van der Waals surface area (Å²) in [4.78, 5) is 12.2. The lowest BCUT2D eigenvalue weighted by atomic mass is 10.3. The summed E-state index contributed by atoms with van der Waals surface area (Å²) in [5.41, 5.74) is 0. The van der Waals surface area contributed by atoms with Gasteiger partial charge in [-0.25, -0.2) is 8.42 Å². The Morgan fingerprint density at radius 3 is 2.23 bits per heavy atom. The summed E-state index contributed by atoms with van der Waals surface area (Å²) in [6, 6.07) is -0.588. The van der Waals surface area contributed by atoms with Gasteiger partial charge in [0.1, 0.15) is 6.04 Å². The molecule has 1 aliphatic rings. The van der Waals surface area contributed by atoms with Gasteiger partial charge >= 0.3 is 5.97 Å². The zero-order chi connectivity index (χ0) is 10.1. The lowest BCUT2D eigenvalue weighted by Gasteiger charge is -2.29. The van der Waals surface area contributed by atoms with Gasteiger partial charge in [0, 0.05) is 13.1 Å². The molecule has 0 amide bonds. The van der Waals surface area contributed by atoms with E-state index in [1.807, 2.05) is 0 Å². The molecule has 76 valence electrons. The second-order valence-corrected chi connectivity index (χ2v) is 5.51. The van der Waals surface area contributed by atoms with E-state index in [-0.39, 0.29) is 11.5 Å². The smallest absolute Gasteiger partial charge is 0.320 e. The van der Waals surface area contributed by atoms with Crippen LogP contribution in [0.15, 0.2) is 0 Å². The number of nitrogens with zero attached hydrogens (tertiary/aromatic N) is 1. The summed E-state index contributed by atoms with van der Waals surface area (Å²) >= 11 is 0. The first-order valence-corrected chi connectivity index (χ1v) is 5.92. The van der Waals surface area contributed by atoms with Crippen LogP contribution in [-0.4, -0.2) is 55.0 Å². The molecule has 0 aliphatic carbocycles. The largest absolute Gasteiger partial charge is 0.480 e. The van der Waals surface area contributed by atoms with Crippen LogP contribution in [0.3, 0.4) is 0 Å². The van der Waals surface area contributed by atoms with Gasteiger partial charge in [-0.05, 0) is 6.92 Å². The third-order valence-corrected chi connectivity index (χ3v) is 3.89. The fourth-order valence-corrected chi connectivity index (χ4v) is 2.50. The molecule has 1 atom stereocenters. The molecule has 1 saturated heterocycles. The fraction of sp³-hybridized carbons (Fsp3) is 0.857. The van der Waals surface area contributed by atoms with Crippen LogP contribution in [0.2, 0.25) is 0 Å². The van der Waals surface area contributed by atoms with Crippen LogP contribution in [0.25, 0.3) is 0 Å². The van der Waals surface area contributed by atoms with E-state index in [9.17, 15) is 13.2 Å². The Kier molecular flexibility index (Phi) is 2.92. The van der Waals surface area contributed by atoms with Crippen molar-refractivity contribution in [2.75, 3.05) is 24.6 Å². The van der Waals surface area contributed by atoms with Gasteiger partial charge in [0.15, 0.2) is 9.84 Å². The zero-order valence-electron chi connectivity index (χ0n) is 7.43. The van der Waals surface area contributed by atoms with E-state index in [0.717, 1.165) is 0 Å². The molecule has 0 unspecified atom stereocenters. The number of rotatable bonds is 2. The molecule has 0 aromatic rings. The summed E-state index contributed by atoms with van der Waals surface area (Å²) in [5.74, 6) is -0.755. The molecule has 0 aromatic heterocycles. The van der Waals surface area contributed by atoms with E-state index < -0.39 is 21.8 Å². The highest BCUT2D eigenvalue weighted by molar-refractivity contribution is 7.91. The first-order chi connectivity index (χ1) is 5.92. The van der Waals surface area contributed by atoms with E-state index >= 15 is 0 Å². The summed E-state index contributed by atoms with van der Waals surface area (Å²) in [5, 5.41) is 8.67. The van der Waals surface area contributed by atoms with Gasteiger partial charge in [-0.2, -0.15) is 0 Å². The third kappa shape index (κ3) is 2.67. The van der Waals surface area contributed by atoms with Crippen LogP contribution in [0.1, 0.15) is 6.92 Å². The van der Waals surface area contributed by atoms with Crippen molar-refractivity contribution in [3.05, 3.63) is 0 Å². The minimum absolute atomic E-state index is 0.0740. The normalized spacial score (nSPS) is 25.3. The molecule has 0 spiro atoms. The molecule has 1 aliphatic heterocycles. The second kappa shape index (κ2) is 3.63. The van der Waals surface area contributed by atoms with Gasteiger partial charge in [0.05, 0.1) is 11.5 Å². The molecule has 1 fully saturated rings. The van der Waals surface area contributed by atoms with Crippen molar-refractivity contribution in [1.29, 1.82) is 0 Å². The van der Waals surface area contributed by atoms with Crippen molar-refractivity contribution in [3.8, 4) is 0 Å². The maximum Gasteiger partial charge on any atom is 0.320 e. The average Bonchev–Trinajstić information content (AvgIpc) is 2.03. The highest BCUT2D eigenvalue weighted by Crippen LogP contribution is 2.07. The summed E-state index contributed by atoms with van der Waals surface area (Å²) < 4.78 is 22.0. The Morgan fingerprint density at radius 1 is 1.38 bits per heavy atom. The molecule has 1 N–H and O–H groups in total. The molecular weight excluding hydrogens is 194 g/mol. The number of aliphatic carboxylic acids is 1. The highest BCUT2D eigenvalue weighted by Gasteiger charge is 2.27. The molecule has 5 nitrogen and oxygen atoms in total. The van der Waals surface area contributed by atoms with Crippen molar-refractivity contribution in [2.24, 2.45) is 0 Å². The summed E-state index contributed by atoms with van der Waals surface area (Å²) in [6.45, 7) is 2.23. The van der Waals surface area contributed by atoms with Crippen molar-refractivity contribution >= 4 is 15.8 Å². The minimum Gasteiger partial charge on any atom is -0.480 e. The standard InChI is InChI=1S/C7H13NO4S/c1-6(7(9)10)8-2-4-13(11,12)5-3-8/h6H,2-5H2,1H3,(H,9,10)/t6-/m0/s1. The van der Waals surface area contributed by atoms with Gasteiger partial charge in [0.25, 0.3) is 0 Å². The van der Waals surface area contributed by atoms with Crippen molar-refractivity contribution in [2.45, 2.75) is 13.0 Å². The number of sulfone groups is 1. The quantitative estimate of drug-likeness (QED) is 0.641. The van der Waals surface area contributed by atoms with Crippen LogP contribution >= 0.6 is 0 Å². The number of hydrogen-bond donors (Lipinski definition) is 1. The Morgan fingerprint density at radius 2 is 1.85 bits per heavy atom. The zero-order valence-corrected chi connectivity index (χ0v) is 8.25. The van der Waals surface area contributed by atoms with Gasteiger partial charge < -0.3 is 5.11 Å². The van der Waals surface area contributed by atoms with Crippen LogP contribution in [-0.2, 0) is 14.6 Å². The molecule has 0 saturated carbocycles. The Bertz CT molecular complexity index is 284. The molecule has 1 heterocycles. The van der Waals surface area contributed by atoms with E-state index in [1.54, 1.807) is 11.8 Å². The van der Waals surface area contributed by atoms with Crippen LogP contribution in [0.4, 0.5) is 0 Å². The summed E-state index contributed by atoms with van der Waals surface area (Å²) in [7, 11) is -2.91. The van der Waals surface area contributed by atoms with E-state index in [4.69, 9.17) is 5.11 Å². The lowest BCUT2D eigenvalue weighted by Crippen LogP contribution is -2.47. The monoisotopic (exact) mass is 207 g/mol. The Balaban J connectivity index is 2.55. The molecule has 13 heavy (non-hydrogen) atoms. The Hall–Kier alpha value is -0.620. The average molecular weight is 207 g/mol. The maximum atomic E-state index is 11.0. The fourth-order valence-electron chi connectivity index (χ4n) is 1.27. The predicted octanol–water partition coefficient (Wildman–Crippen LogP) is -0.810. The lowest BCUT2D eigenvalue weighted by molar-refractivity contribution is -0.142. The number of hydrogen-bond acceptors (Lipinski definition) is 4. The SMILES string of the molecule is C[C@@H](C(=O)O)N1CCS(=O)(=O)CC1. The van der Waals surface area contributed by atoms with Gasteiger partial charge in [0.2, 0.25) is 0 Å². The van der Waals surface area contributed by atoms with E-state index in [0.29, 0.717) is 13.1 Å². The number of carboxylic acid groups (broad SMARTS) is 1. The van der Waals surface area contributed by atoms with Crippen molar-refractivity contribution in [3.63, 3.8) is 0 Å². The van der Waals surface area contributed by atoms with Crippen LogP contribution < -0.4 is 0 Å².